The van der Waals surface area contributed by atoms with Gasteiger partial charge in [0.1, 0.15) is 0 Å². The van der Waals surface area contributed by atoms with E-state index >= 15 is 0 Å². The number of hydrogen-bond acceptors (Lipinski definition) is 5. The molecule has 4 atom stereocenters. The number of allylic oxidation sites excluding steroid dienone is 6. The molecule has 37 heavy (non-hydrogen) atoms. The number of likely N-dealkylation sites (tertiary alicyclic amines) is 1. The molecule has 2 aromatic carbocycles. The number of fused-ring (bicyclic) bond motifs is 3. The Morgan fingerprint density at radius 3 is 2.49 bits per heavy atom. The molecular formula is C29H21BrFNO5. The van der Waals surface area contributed by atoms with Crippen molar-refractivity contribution in [2.24, 2.45) is 17.8 Å². The molecule has 1 N–H and O–H groups in total. The van der Waals surface area contributed by atoms with E-state index in [1.165, 1.54) is 23.1 Å². The van der Waals surface area contributed by atoms with Crippen molar-refractivity contribution in [3.8, 4) is 5.75 Å². The third-order valence-corrected chi connectivity index (χ3v) is 8.50. The van der Waals surface area contributed by atoms with E-state index in [1.54, 1.807) is 0 Å². The third-order valence-electron chi connectivity index (χ3n) is 7.91. The molecule has 0 radical (unpaired) electrons. The van der Waals surface area contributed by atoms with Crippen LogP contribution in [0, 0.1) is 23.6 Å². The lowest BCUT2D eigenvalue weighted by molar-refractivity contribution is -0.140. The lowest BCUT2D eigenvalue weighted by Crippen LogP contribution is -2.39. The summed E-state index contributed by atoms with van der Waals surface area (Å²) in [6.07, 6.45) is 3.56. The monoisotopic (exact) mass is 561 g/mol. The van der Waals surface area contributed by atoms with Crippen molar-refractivity contribution in [3.05, 3.63) is 98.8 Å². The Morgan fingerprint density at radius 1 is 1.00 bits per heavy atom. The molecule has 1 aliphatic heterocycles. The van der Waals surface area contributed by atoms with Gasteiger partial charge in [0, 0.05) is 23.1 Å². The van der Waals surface area contributed by atoms with Crippen molar-refractivity contribution in [1.29, 1.82) is 0 Å². The van der Waals surface area contributed by atoms with Crippen LogP contribution in [0.3, 0.4) is 0 Å². The van der Waals surface area contributed by atoms with Crippen LogP contribution in [0.5, 0.6) is 5.75 Å². The van der Waals surface area contributed by atoms with E-state index < -0.39 is 35.2 Å². The van der Waals surface area contributed by atoms with Gasteiger partial charge in [0.15, 0.2) is 23.1 Å². The molecule has 186 valence electrons. The second-order valence-corrected chi connectivity index (χ2v) is 10.7. The molecule has 6 rings (SSSR count). The van der Waals surface area contributed by atoms with Crippen LogP contribution in [0.2, 0.25) is 0 Å². The van der Waals surface area contributed by atoms with Crippen LogP contribution in [0.1, 0.15) is 29.9 Å². The van der Waals surface area contributed by atoms with Gasteiger partial charge < -0.3 is 5.11 Å². The van der Waals surface area contributed by atoms with E-state index in [4.69, 9.17) is 0 Å². The lowest BCUT2D eigenvalue weighted by atomic mass is 9.59. The molecule has 0 saturated carbocycles. The fraction of sp³-hybridized carbons (Fsp3) is 0.241. The number of amides is 2. The van der Waals surface area contributed by atoms with Gasteiger partial charge in [0.2, 0.25) is 11.8 Å². The molecule has 6 nitrogen and oxygen atoms in total. The zero-order chi connectivity index (χ0) is 26.0. The van der Waals surface area contributed by atoms with Gasteiger partial charge >= 0.3 is 0 Å². The van der Waals surface area contributed by atoms with E-state index in [9.17, 15) is 28.7 Å². The average molecular weight is 562 g/mol. The zero-order valence-corrected chi connectivity index (χ0v) is 21.1. The summed E-state index contributed by atoms with van der Waals surface area (Å²) in [5.41, 5.74) is 2.52. The average Bonchev–Trinajstić information content (AvgIpc) is 3.13. The summed E-state index contributed by atoms with van der Waals surface area (Å²) < 4.78 is 14.6. The zero-order valence-electron chi connectivity index (χ0n) is 19.5. The third kappa shape index (κ3) is 3.65. The summed E-state index contributed by atoms with van der Waals surface area (Å²) in [6, 6.07) is 13.2. The molecule has 3 aliphatic carbocycles. The number of hydrogen-bond donors (Lipinski definition) is 1. The summed E-state index contributed by atoms with van der Waals surface area (Å²) in [7, 11) is 0. The normalized spacial score (nSPS) is 27.0. The predicted molar refractivity (Wildman–Crippen MR) is 135 cm³/mol. The highest BCUT2D eigenvalue weighted by molar-refractivity contribution is 9.12. The number of benzene rings is 2. The molecule has 4 unspecified atom stereocenters. The Labute approximate surface area is 220 Å². The first-order chi connectivity index (χ1) is 17.8. The maximum atomic E-state index is 14.4. The summed E-state index contributed by atoms with van der Waals surface area (Å²) in [4.78, 5) is 54.8. The highest BCUT2D eigenvalue weighted by atomic mass is 79.9. The van der Waals surface area contributed by atoms with Crippen LogP contribution in [-0.4, -0.2) is 33.4 Å². The largest absolute Gasteiger partial charge is 0.505 e. The van der Waals surface area contributed by atoms with Crippen molar-refractivity contribution in [2.75, 3.05) is 0 Å². The maximum Gasteiger partial charge on any atom is 0.234 e. The van der Waals surface area contributed by atoms with Crippen molar-refractivity contribution in [3.63, 3.8) is 0 Å². The first kappa shape index (κ1) is 23.7. The van der Waals surface area contributed by atoms with Crippen molar-refractivity contribution < 1.29 is 28.7 Å². The number of halogens is 2. The summed E-state index contributed by atoms with van der Waals surface area (Å²) in [5, 5.41) is 9.75. The van der Waals surface area contributed by atoms with Gasteiger partial charge in [0.25, 0.3) is 0 Å². The first-order valence-electron chi connectivity index (χ1n) is 12.0. The minimum Gasteiger partial charge on any atom is -0.505 e. The summed E-state index contributed by atoms with van der Waals surface area (Å²) in [5.74, 6) is -5.10. The number of ketones is 2. The van der Waals surface area contributed by atoms with Gasteiger partial charge in [-0.05, 0) is 57.9 Å². The topological polar surface area (TPSA) is 91.8 Å². The van der Waals surface area contributed by atoms with E-state index in [2.05, 4.69) is 15.9 Å². The molecule has 0 aromatic heterocycles. The molecule has 8 heteroatoms. The number of phenolic OH excluding ortho intramolecular Hbond substituents is 1. The molecule has 2 aromatic rings. The van der Waals surface area contributed by atoms with Crippen LogP contribution < -0.4 is 0 Å². The predicted octanol–water partition coefficient (Wildman–Crippen LogP) is 4.49. The van der Waals surface area contributed by atoms with E-state index in [0.29, 0.717) is 12.0 Å². The molecule has 0 bridgehead atoms. The molecule has 0 spiro atoms. The van der Waals surface area contributed by atoms with Gasteiger partial charge in [-0.25, -0.2) is 4.39 Å². The Kier molecular flexibility index (Phi) is 5.60. The summed E-state index contributed by atoms with van der Waals surface area (Å²) in [6.45, 7) is 0.166. The standard InChI is InChI=1S/C29H21BrFNO5/c30-20-12-23(34)26-19(27(20)35)11-18-16(24(26)15-6-9-22(33)21(31)10-15)7-8-17-25(18)29(37)32(28(17)36)13-14-4-2-1-3-5-14/h1-7,9-10,12,17-18,24-25,33H,8,11,13H2. The van der Waals surface area contributed by atoms with Gasteiger partial charge in [-0.2, -0.15) is 0 Å². The van der Waals surface area contributed by atoms with E-state index in [-0.39, 0.29) is 52.0 Å². The van der Waals surface area contributed by atoms with Crippen LogP contribution >= 0.6 is 15.9 Å². The Hall–Kier alpha value is -3.65. The minimum absolute atomic E-state index is 0.131. The Morgan fingerprint density at radius 2 is 1.76 bits per heavy atom. The van der Waals surface area contributed by atoms with Crippen molar-refractivity contribution in [1.82, 2.24) is 4.90 Å². The van der Waals surface area contributed by atoms with Gasteiger partial charge in [-0.3, -0.25) is 24.1 Å². The Bertz CT molecular complexity index is 1490. The van der Waals surface area contributed by atoms with Gasteiger partial charge in [-0.1, -0.05) is 48.0 Å². The second kappa shape index (κ2) is 8.73. The summed E-state index contributed by atoms with van der Waals surface area (Å²) >= 11 is 3.19. The number of nitrogens with zero attached hydrogens (tertiary/aromatic N) is 1. The van der Waals surface area contributed by atoms with Gasteiger partial charge in [0.05, 0.1) is 22.9 Å². The van der Waals surface area contributed by atoms with Crippen LogP contribution in [-0.2, 0) is 25.7 Å². The number of rotatable bonds is 3. The molecular weight excluding hydrogens is 541 g/mol. The number of aromatic hydroxyl groups is 1. The fourth-order valence-electron chi connectivity index (χ4n) is 6.28. The second-order valence-electron chi connectivity index (χ2n) is 9.85. The highest BCUT2D eigenvalue weighted by Gasteiger charge is 2.56. The van der Waals surface area contributed by atoms with Crippen LogP contribution in [0.4, 0.5) is 4.39 Å². The molecule has 2 amide bonds. The van der Waals surface area contributed by atoms with Gasteiger partial charge in [-0.15, -0.1) is 0 Å². The minimum atomic E-state index is -0.844. The molecule has 1 fully saturated rings. The van der Waals surface area contributed by atoms with E-state index in [1.807, 2.05) is 36.4 Å². The quantitative estimate of drug-likeness (QED) is 0.338. The van der Waals surface area contributed by atoms with Crippen molar-refractivity contribution >= 4 is 39.3 Å². The van der Waals surface area contributed by atoms with Crippen LogP contribution in [0.25, 0.3) is 0 Å². The Balaban J connectivity index is 1.45. The first-order valence-corrected chi connectivity index (χ1v) is 12.8. The molecule has 1 saturated heterocycles. The number of Topliss-reactive ketones (excluding diaryl/α,β-unsaturated/α-hetero) is 1. The lowest BCUT2D eigenvalue weighted by Gasteiger charge is -2.42. The molecule has 1 heterocycles. The number of phenols is 1. The fourth-order valence-corrected chi connectivity index (χ4v) is 6.72. The maximum absolute atomic E-state index is 14.4. The van der Waals surface area contributed by atoms with Crippen molar-refractivity contribution in [2.45, 2.75) is 25.3 Å². The van der Waals surface area contributed by atoms with E-state index in [0.717, 1.165) is 17.2 Å². The van der Waals surface area contributed by atoms with Crippen LogP contribution in [0.15, 0.2) is 81.9 Å². The highest BCUT2D eigenvalue weighted by Crippen LogP contribution is 2.55. The number of carbonyl (C=O) groups excluding carboxylic acids is 4. The number of imide groups is 1. The smallest absolute Gasteiger partial charge is 0.234 e. The SMILES string of the molecule is O=C1C=C(Br)C(=O)C2=C1C(c1ccc(O)c(F)c1)C1=CCC3C(=O)N(Cc4ccccc4)C(=O)C3C1C2. The molecule has 4 aliphatic rings. The number of carbonyl (C=O) groups is 4.